The second-order valence-corrected chi connectivity index (χ2v) is 5.69. The number of aryl methyl sites for hydroxylation is 1. The first-order chi connectivity index (χ1) is 11.1. The van der Waals surface area contributed by atoms with Gasteiger partial charge < -0.3 is 15.8 Å². The third-order valence-electron chi connectivity index (χ3n) is 3.68. The molecule has 1 atom stereocenters. The molecule has 2 aromatic carbocycles. The minimum Gasteiger partial charge on any atom is -0.497 e. The van der Waals surface area contributed by atoms with Crippen LogP contribution in [0.5, 0.6) is 5.75 Å². The standard InChI is InChI=1S/C18H21ClN2O2.ClH/c1-12-11-13(23-2)7-8-14(12)18(21-17(22)9-10-20)15-5-3-4-6-16(15)19;/h3-8,11,18H,9-10,20H2,1-2H3,(H,21,22);1H. The van der Waals surface area contributed by atoms with E-state index in [4.69, 9.17) is 22.1 Å². The Hall–Kier alpha value is -1.75. The van der Waals surface area contributed by atoms with Crippen LogP contribution in [0.2, 0.25) is 5.02 Å². The first-order valence-electron chi connectivity index (χ1n) is 7.45. The van der Waals surface area contributed by atoms with Gasteiger partial charge in [0.15, 0.2) is 0 Å². The van der Waals surface area contributed by atoms with E-state index in [9.17, 15) is 4.79 Å². The minimum atomic E-state index is -0.325. The number of benzene rings is 2. The monoisotopic (exact) mass is 368 g/mol. The number of ether oxygens (including phenoxy) is 1. The molecule has 0 saturated heterocycles. The normalized spacial score (nSPS) is 11.3. The van der Waals surface area contributed by atoms with Crippen LogP contribution in [0.3, 0.4) is 0 Å². The van der Waals surface area contributed by atoms with E-state index in [1.54, 1.807) is 7.11 Å². The maximum atomic E-state index is 12.1. The highest BCUT2D eigenvalue weighted by atomic mass is 35.5. The lowest BCUT2D eigenvalue weighted by Crippen LogP contribution is -2.31. The number of rotatable bonds is 6. The predicted molar refractivity (Wildman–Crippen MR) is 100 cm³/mol. The molecule has 6 heteroatoms. The number of halogens is 2. The molecule has 0 aliphatic heterocycles. The van der Waals surface area contributed by atoms with Crippen LogP contribution < -0.4 is 15.8 Å². The predicted octanol–water partition coefficient (Wildman–Crippen LogP) is 3.63. The largest absolute Gasteiger partial charge is 0.497 e. The number of carbonyl (C=O) groups is 1. The van der Waals surface area contributed by atoms with Crippen molar-refractivity contribution in [2.45, 2.75) is 19.4 Å². The first kappa shape index (κ1) is 20.3. The minimum absolute atomic E-state index is 0. The van der Waals surface area contributed by atoms with E-state index in [1.165, 1.54) is 0 Å². The zero-order valence-electron chi connectivity index (χ0n) is 13.7. The summed E-state index contributed by atoms with van der Waals surface area (Å²) in [5, 5.41) is 3.64. The van der Waals surface area contributed by atoms with Gasteiger partial charge in [0.1, 0.15) is 5.75 Å². The summed E-state index contributed by atoms with van der Waals surface area (Å²) in [6.45, 7) is 2.29. The van der Waals surface area contributed by atoms with Crippen LogP contribution in [0.4, 0.5) is 0 Å². The molecule has 4 nitrogen and oxygen atoms in total. The maximum Gasteiger partial charge on any atom is 0.222 e. The number of nitrogens with two attached hydrogens (primary N) is 1. The average Bonchev–Trinajstić information content (AvgIpc) is 2.54. The van der Waals surface area contributed by atoms with Gasteiger partial charge in [0.25, 0.3) is 0 Å². The van der Waals surface area contributed by atoms with Gasteiger partial charge in [-0.1, -0.05) is 35.9 Å². The molecule has 0 aromatic heterocycles. The van der Waals surface area contributed by atoms with Gasteiger partial charge in [-0.25, -0.2) is 0 Å². The second-order valence-electron chi connectivity index (χ2n) is 5.28. The quantitative estimate of drug-likeness (QED) is 0.817. The van der Waals surface area contributed by atoms with Crippen LogP contribution in [0, 0.1) is 6.92 Å². The number of amides is 1. The number of hydrogen-bond donors (Lipinski definition) is 2. The van der Waals surface area contributed by atoms with Crippen molar-refractivity contribution >= 4 is 29.9 Å². The van der Waals surface area contributed by atoms with Crippen LogP contribution in [0.1, 0.15) is 29.2 Å². The molecule has 2 aromatic rings. The molecule has 1 amide bonds. The SMILES string of the molecule is COc1ccc(C(NC(=O)CCN)c2ccccc2Cl)c(C)c1.Cl. The van der Waals surface area contributed by atoms with Gasteiger partial charge in [0, 0.05) is 18.0 Å². The fourth-order valence-corrected chi connectivity index (χ4v) is 2.74. The topological polar surface area (TPSA) is 64.3 Å². The molecular weight excluding hydrogens is 347 g/mol. The molecule has 2 rings (SSSR count). The van der Waals surface area contributed by atoms with E-state index in [-0.39, 0.29) is 30.8 Å². The van der Waals surface area contributed by atoms with Crippen molar-refractivity contribution in [1.82, 2.24) is 5.32 Å². The molecule has 0 radical (unpaired) electrons. The lowest BCUT2D eigenvalue weighted by molar-refractivity contribution is -0.121. The van der Waals surface area contributed by atoms with Crippen LogP contribution in [-0.2, 0) is 4.79 Å². The molecule has 0 saturated carbocycles. The highest BCUT2D eigenvalue weighted by molar-refractivity contribution is 6.31. The highest BCUT2D eigenvalue weighted by Crippen LogP contribution is 2.31. The lowest BCUT2D eigenvalue weighted by atomic mass is 9.94. The zero-order valence-corrected chi connectivity index (χ0v) is 15.3. The summed E-state index contributed by atoms with van der Waals surface area (Å²) >= 11 is 6.34. The third kappa shape index (κ3) is 4.87. The van der Waals surface area contributed by atoms with Crippen molar-refractivity contribution in [3.63, 3.8) is 0 Å². The van der Waals surface area contributed by atoms with Crippen molar-refractivity contribution < 1.29 is 9.53 Å². The average molecular weight is 369 g/mol. The zero-order chi connectivity index (χ0) is 16.8. The lowest BCUT2D eigenvalue weighted by Gasteiger charge is -2.23. The van der Waals surface area contributed by atoms with Gasteiger partial charge in [-0.05, 0) is 41.8 Å². The molecule has 0 fully saturated rings. The van der Waals surface area contributed by atoms with Crippen LogP contribution in [0.25, 0.3) is 0 Å². The summed E-state index contributed by atoms with van der Waals surface area (Å²) in [5.74, 6) is 0.671. The van der Waals surface area contributed by atoms with Gasteiger partial charge in [-0.2, -0.15) is 0 Å². The molecule has 130 valence electrons. The van der Waals surface area contributed by atoms with E-state index in [0.717, 1.165) is 22.4 Å². The van der Waals surface area contributed by atoms with Crippen molar-refractivity contribution in [2.24, 2.45) is 5.73 Å². The Morgan fingerprint density at radius 2 is 1.96 bits per heavy atom. The molecule has 0 aliphatic rings. The Morgan fingerprint density at radius 3 is 2.54 bits per heavy atom. The number of hydrogen-bond acceptors (Lipinski definition) is 3. The number of methoxy groups -OCH3 is 1. The summed E-state index contributed by atoms with van der Waals surface area (Å²) in [5.41, 5.74) is 8.32. The van der Waals surface area contributed by atoms with E-state index < -0.39 is 0 Å². The van der Waals surface area contributed by atoms with Crippen molar-refractivity contribution in [1.29, 1.82) is 0 Å². The molecule has 3 N–H and O–H groups in total. The Labute approximate surface area is 153 Å². The molecule has 0 spiro atoms. The maximum absolute atomic E-state index is 12.1. The van der Waals surface area contributed by atoms with Crippen LogP contribution in [0.15, 0.2) is 42.5 Å². The molecular formula is C18H22Cl2N2O2. The van der Waals surface area contributed by atoms with E-state index in [1.807, 2.05) is 49.4 Å². The smallest absolute Gasteiger partial charge is 0.222 e. The van der Waals surface area contributed by atoms with Crippen molar-refractivity contribution in [2.75, 3.05) is 13.7 Å². The Bertz CT molecular complexity index is 692. The third-order valence-corrected chi connectivity index (χ3v) is 4.03. The fourth-order valence-electron chi connectivity index (χ4n) is 2.50. The Kier molecular flexibility index (Phi) is 8.05. The Morgan fingerprint density at radius 1 is 1.25 bits per heavy atom. The summed E-state index contributed by atoms with van der Waals surface area (Å²) in [7, 11) is 1.63. The molecule has 0 bridgehead atoms. The van der Waals surface area contributed by atoms with E-state index in [2.05, 4.69) is 5.32 Å². The summed E-state index contributed by atoms with van der Waals surface area (Å²) < 4.78 is 5.25. The molecule has 0 heterocycles. The van der Waals surface area contributed by atoms with Crippen molar-refractivity contribution in [3.05, 3.63) is 64.2 Å². The molecule has 24 heavy (non-hydrogen) atoms. The van der Waals surface area contributed by atoms with Gasteiger partial charge in [0.2, 0.25) is 5.91 Å². The summed E-state index contributed by atoms with van der Waals surface area (Å²) in [6.07, 6.45) is 0.274. The number of nitrogens with one attached hydrogen (secondary N) is 1. The van der Waals surface area contributed by atoms with Crippen LogP contribution in [-0.4, -0.2) is 19.6 Å². The fraction of sp³-hybridized carbons (Fsp3) is 0.278. The highest BCUT2D eigenvalue weighted by Gasteiger charge is 2.20. The number of carbonyl (C=O) groups excluding carboxylic acids is 1. The van der Waals surface area contributed by atoms with Gasteiger partial charge in [0.05, 0.1) is 13.2 Å². The van der Waals surface area contributed by atoms with Gasteiger partial charge >= 0.3 is 0 Å². The van der Waals surface area contributed by atoms with E-state index in [0.29, 0.717) is 11.6 Å². The first-order valence-corrected chi connectivity index (χ1v) is 7.83. The molecule has 1 unspecified atom stereocenters. The summed E-state index contributed by atoms with van der Waals surface area (Å²) in [4.78, 5) is 12.1. The van der Waals surface area contributed by atoms with Gasteiger partial charge in [-0.15, -0.1) is 12.4 Å². The molecule has 0 aliphatic carbocycles. The van der Waals surface area contributed by atoms with Crippen LogP contribution >= 0.6 is 24.0 Å². The van der Waals surface area contributed by atoms with E-state index >= 15 is 0 Å². The Balaban J connectivity index is 0.00000288. The second kappa shape index (κ2) is 9.52. The van der Waals surface area contributed by atoms with Gasteiger partial charge in [-0.3, -0.25) is 4.79 Å². The van der Waals surface area contributed by atoms with Crippen molar-refractivity contribution in [3.8, 4) is 5.75 Å². The summed E-state index contributed by atoms with van der Waals surface area (Å²) in [6, 6.07) is 12.9.